The van der Waals surface area contributed by atoms with Crippen molar-refractivity contribution in [1.29, 1.82) is 0 Å². The fourth-order valence-corrected chi connectivity index (χ4v) is 2.38. The Bertz CT molecular complexity index is 668. The van der Waals surface area contributed by atoms with E-state index in [1.54, 1.807) is 0 Å². The second-order valence-electron chi connectivity index (χ2n) is 8.11. The second kappa shape index (κ2) is 6.19. The van der Waals surface area contributed by atoms with Crippen molar-refractivity contribution in [2.75, 3.05) is 5.32 Å². The molecule has 1 amide bonds. The number of benzene rings is 2. The van der Waals surface area contributed by atoms with Gasteiger partial charge in [-0.1, -0.05) is 65.8 Å². The van der Waals surface area contributed by atoms with E-state index in [0.717, 1.165) is 5.69 Å². The Balaban J connectivity index is 2.10. The molecule has 0 aliphatic carbocycles. The van der Waals surface area contributed by atoms with Gasteiger partial charge in [-0.2, -0.15) is 0 Å². The molecule has 0 radical (unpaired) electrons. The standard InChI is InChI=1S/C21H27NO/c1-20(2,3)16-9-7-15(8-10-16)19(23)22-18-13-11-17(12-14-18)21(4,5)6/h7-14H,1-6H3,(H,22,23). The van der Waals surface area contributed by atoms with Crippen LogP contribution in [0.25, 0.3) is 0 Å². The first kappa shape index (κ1) is 17.3. The highest BCUT2D eigenvalue weighted by atomic mass is 16.1. The summed E-state index contributed by atoms with van der Waals surface area (Å²) in [5.74, 6) is -0.0750. The zero-order valence-electron chi connectivity index (χ0n) is 15.0. The van der Waals surface area contributed by atoms with Gasteiger partial charge in [-0.3, -0.25) is 4.79 Å². The molecule has 0 bridgehead atoms. The summed E-state index contributed by atoms with van der Waals surface area (Å²) in [5, 5.41) is 2.96. The van der Waals surface area contributed by atoms with Crippen LogP contribution in [-0.2, 0) is 10.8 Å². The Hall–Kier alpha value is -2.09. The average molecular weight is 309 g/mol. The highest BCUT2D eigenvalue weighted by molar-refractivity contribution is 6.04. The van der Waals surface area contributed by atoms with Gasteiger partial charge in [-0.05, 0) is 46.2 Å². The summed E-state index contributed by atoms with van der Waals surface area (Å²) in [6, 6.07) is 15.9. The molecule has 2 nitrogen and oxygen atoms in total. The van der Waals surface area contributed by atoms with E-state index < -0.39 is 0 Å². The molecule has 122 valence electrons. The molecule has 23 heavy (non-hydrogen) atoms. The average Bonchev–Trinajstić information content (AvgIpc) is 2.46. The van der Waals surface area contributed by atoms with Crippen molar-refractivity contribution in [3.63, 3.8) is 0 Å². The maximum Gasteiger partial charge on any atom is 0.255 e. The summed E-state index contributed by atoms with van der Waals surface area (Å²) in [5.41, 5.74) is 4.19. The number of rotatable bonds is 2. The van der Waals surface area contributed by atoms with Gasteiger partial charge in [0.25, 0.3) is 5.91 Å². The van der Waals surface area contributed by atoms with Crippen LogP contribution in [0.3, 0.4) is 0 Å². The first-order chi connectivity index (χ1) is 10.6. The highest BCUT2D eigenvalue weighted by Crippen LogP contribution is 2.24. The van der Waals surface area contributed by atoms with Crippen LogP contribution >= 0.6 is 0 Å². The van der Waals surface area contributed by atoms with Crippen LogP contribution in [0.2, 0.25) is 0 Å². The first-order valence-corrected chi connectivity index (χ1v) is 8.10. The van der Waals surface area contributed by atoms with Gasteiger partial charge in [0, 0.05) is 11.3 Å². The van der Waals surface area contributed by atoms with Crippen LogP contribution in [0.15, 0.2) is 48.5 Å². The molecular weight excluding hydrogens is 282 g/mol. The topological polar surface area (TPSA) is 29.1 Å². The third-order valence-electron chi connectivity index (χ3n) is 4.02. The molecule has 2 heteroatoms. The predicted octanol–water partition coefficient (Wildman–Crippen LogP) is 5.53. The van der Waals surface area contributed by atoms with E-state index in [0.29, 0.717) is 5.56 Å². The van der Waals surface area contributed by atoms with E-state index in [9.17, 15) is 4.79 Å². The Morgan fingerprint density at radius 1 is 0.696 bits per heavy atom. The van der Waals surface area contributed by atoms with Crippen LogP contribution in [0.5, 0.6) is 0 Å². The lowest BCUT2D eigenvalue weighted by molar-refractivity contribution is 0.102. The summed E-state index contributed by atoms with van der Waals surface area (Å²) < 4.78 is 0. The van der Waals surface area contributed by atoms with Crippen molar-refractivity contribution in [3.05, 3.63) is 65.2 Å². The monoisotopic (exact) mass is 309 g/mol. The van der Waals surface area contributed by atoms with Crippen molar-refractivity contribution in [3.8, 4) is 0 Å². The fourth-order valence-electron chi connectivity index (χ4n) is 2.38. The summed E-state index contributed by atoms with van der Waals surface area (Å²) in [4.78, 5) is 12.3. The number of amides is 1. The summed E-state index contributed by atoms with van der Waals surface area (Å²) in [6.45, 7) is 13.0. The molecular formula is C21H27NO. The minimum absolute atomic E-state index is 0.0750. The van der Waals surface area contributed by atoms with Crippen LogP contribution in [-0.4, -0.2) is 5.91 Å². The zero-order chi connectivity index (χ0) is 17.3. The molecule has 2 rings (SSSR count). The number of hydrogen-bond donors (Lipinski definition) is 1. The number of carbonyl (C=O) groups excluding carboxylic acids is 1. The van der Waals surface area contributed by atoms with Gasteiger partial charge in [-0.25, -0.2) is 0 Å². The SMILES string of the molecule is CC(C)(C)c1ccc(NC(=O)c2ccc(C(C)(C)C)cc2)cc1. The van der Waals surface area contributed by atoms with Crippen LogP contribution in [0.4, 0.5) is 5.69 Å². The molecule has 0 aliphatic heterocycles. The summed E-state index contributed by atoms with van der Waals surface area (Å²) >= 11 is 0. The summed E-state index contributed by atoms with van der Waals surface area (Å²) in [6.07, 6.45) is 0. The molecule has 0 unspecified atom stereocenters. The number of nitrogens with one attached hydrogen (secondary N) is 1. The Kier molecular flexibility index (Phi) is 4.65. The van der Waals surface area contributed by atoms with E-state index in [-0.39, 0.29) is 16.7 Å². The Morgan fingerprint density at radius 3 is 1.48 bits per heavy atom. The van der Waals surface area contributed by atoms with Gasteiger partial charge in [0.2, 0.25) is 0 Å². The lowest BCUT2D eigenvalue weighted by atomic mass is 9.86. The van der Waals surface area contributed by atoms with Crippen molar-refractivity contribution in [1.82, 2.24) is 0 Å². The number of hydrogen-bond acceptors (Lipinski definition) is 1. The van der Waals surface area contributed by atoms with Gasteiger partial charge in [0.1, 0.15) is 0 Å². The third kappa shape index (κ3) is 4.44. The number of carbonyl (C=O) groups is 1. The lowest BCUT2D eigenvalue weighted by Crippen LogP contribution is -2.15. The maximum absolute atomic E-state index is 12.3. The molecule has 0 aromatic heterocycles. The maximum atomic E-state index is 12.3. The normalized spacial score (nSPS) is 12.1. The molecule has 0 fully saturated rings. The minimum atomic E-state index is -0.0750. The van der Waals surface area contributed by atoms with Gasteiger partial charge in [0.05, 0.1) is 0 Å². The van der Waals surface area contributed by atoms with E-state index in [1.807, 2.05) is 36.4 Å². The molecule has 0 atom stereocenters. The molecule has 0 saturated carbocycles. The smallest absolute Gasteiger partial charge is 0.255 e. The second-order valence-corrected chi connectivity index (χ2v) is 8.11. The quantitative estimate of drug-likeness (QED) is 0.776. The predicted molar refractivity (Wildman–Crippen MR) is 98.2 cm³/mol. The van der Waals surface area contributed by atoms with Gasteiger partial charge >= 0.3 is 0 Å². The van der Waals surface area contributed by atoms with Crippen molar-refractivity contribution >= 4 is 11.6 Å². The van der Waals surface area contributed by atoms with Gasteiger partial charge < -0.3 is 5.32 Å². The molecule has 1 N–H and O–H groups in total. The van der Waals surface area contributed by atoms with E-state index in [1.165, 1.54) is 11.1 Å². The van der Waals surface area contributed by atoms with Gasteiger partial charge in [0.15, 0.2) is 0 Å². The van der Waals surface area contributed by atoms with Gasteiger partial charge in [-0.15, -0.1) is 0 Å². The molecule has 0 saturated heterocycles. The van der Waals surface area contributed by atoms with Crippen molar-refractivity contribution in [2.45, 2.75) is 52.4 Å². The highest BCUT2D eigenvalue weighted by Gasteiger charge is 2.15. The first-order valence-electron chi connectivity index (χ1n) is 8.10. The largest absolute Gasteiger partial charge is 0.322 e. The molecule has 2 aromatic rings. The van der Waals surface area contributed by atoms with E-state index in [2.05, 4.69) is 59.0 Å². The lowest BCUT2D eigenvalue weighted by Gasteiger charge is -2.19. The molecule has 0 heterocycles. The number of anilines is 1. The van der Waals surface area contributed by atoms with Crippen molar-refractivity contribution in [2.24, 2.45) is 0 Å². The van der Waals surface area contributed by atoms with Crippen LogP contribution in [0.1, 0.15) is 63.0 Å². The molecule has 0 aliphatic rings. The fraction of sp³-hybridized carbons (Fsp3) is 0.381. The Labute approximate surface area is 139 Å². The van der Waals surface area contributed by atoms with Crippen molar-refractivity contribution < 1.29 is 4.79 Å². The summed E-state index contributed by atoms with van der Waals surface area (Å²) in [7, 11) is 0. The van der Waals surface area contributed by atoms with E-state index >= 15 is 0 Å². The molecule has 0 spiro atoms. The Morgan fingerprint density at radius 2 is 1.09 bits per heavy atom. The minimum Gasteiger partial charge on any atom is -0.322 e. The molecule has 2 aromatic carbocycles. The zero-order valence-corrected chi connectivity index (χ0v) is 15.0. The van der Waals surface area contributed by atoms with Crippen LogP contribution in [0, 0.1) is 0 Å². The van der Waals surface area contributed by atoms with Crippen LogP contribution < -0.4 is 5.32 Å². The van der Waals surface area contributed by atoms with E-state index in [4.69, 9.17) is 0 Å². The third-order valence-corrected chi connectivity index (χ3v) is 4.02.